The van der Waals surface area contributed by atoms with E-state index in [2.05, 4.69) is 86.4 Å². The Bertz CT molecular complexity index is 1270. The summed E-state index contributed by atoms with van der Waals surface area (Å²) >= 11 is 0. The predicted molar refractivity (Wildman–Crippen MR) is 112 cm³/mol. The first kappa shape index (κ1) is 14.7. The highest BCUT2D eigenvalue weighted by atomic mass is 28.3. The molecule has 1 aromatic heterocycles. The van der Waals surface area contributed by atoms with Gasteiger partial charge in [-0.25, -0.2) is 0 Å². The van der Waals surface area contributed by atoms with Crippen LogP contribution in [0.1, 0.15) is 0 Å². The van der Waals surface area contributed by atoms with Gasteiger partial charge in [-0.15, -0.1) is 0 Å². The summed E-state index contributed by atoms with van der Waals surface area (Å²) in [5.41, 5.74) is 1.99. The van der Waals surface area contributed by atoms with Crippen molar-refractivity contribution >= 4 is 56.7 Å². The van der Waals surface area contributed by atoms with Gasteiger partial charge < -0.3 is 4.42 Å². The van der Waals surface area contributed by atoms with Gasteiger partial charge in [-0.3, -0.25) is 0 Å². The van der Waals surface area contributed by atoms with E-state index in [1.54, 1.807) is 0 Å². The lowest BCUT2D eigenvalue weighted by Crippen LogP contribution is -2.37. The van der Waals surface area contributed by atoms with E-state index in [1.165, 1.54) is 37.5 Å². The minimum absolute atomic E-state index is 0.984. The molecule has 4 aromatic carbocycles. The van der Waals surface area contributed by atoms with Crippen LogP contribution >= 0.6 is 0 Å². The van der Waals surface area contributed by atoms with Crippen molar-refractivity contribution < 1.29 is 4.42 Å². The molecule has 0 atom stereocenters. The van der Waals surface area contributed by atoms with Crippen LogP contribution < -0.4 is 5.19 Å². The van der Waals surface area contributed by atoms with E-state index in [4.69, 9.17) is 4.42 Å². The van der Waals surface area contributed by atoms with Crippen molar-refractivity contribution in [2.24, 2.45) is 0 Å². The van der Waals surface area contributed by atoms with Crippen molar-refractivity contribution in [3.8, 4) is 0 Å². The molecule has 1 nitrogen and oxygen atoms in total. The fourth-order valence-corrected chi connectivity index (χ4v) is 4.87. The number of hydrogen-bond donors (Lipinski definition) is 0. The minimum Gasteiger partial charge on any atom is -0.455 e. The quantitative estimate of drug-likeness (QED) is 0.253. The number of furan rings is 1. The van der Waals surface area contributed by atoms with Gasteiger partial charge in [-0.2, -0.15) is 0 Å². The molecule has 5 rings (SSSR count). The molecule has 0 aliphatic heterocycles. The van der Waals surface area contributed by atoms with Crippen molar-refractivity contribution in [3.63, 3.8) is 0 Å². The number of hydrogen-bond acceptors (Lipinski definition) is 1. The van der Waals surface area contributed by atoms with E-state index in [-0.39, 0.29) is 0 Å². The first-order valence-electron chi connectivity index (χ1n) is 8.79. The molecule has 122 valence electrons. The van der Waals surface area contributed by atoms with Gasteiger partial charge in [0, 0.05) is 16.2 Å². The summed E-state index contributed by atoms with van der Waals surface area (Å²) in [7, 11) is -1.34. The molecule has 0 aliphatic carbocycles. The van der Waals surface area contributed by atoms with Crippen molar-refractivity contribution in [1.82, 2.24) is 0 Å². The van der Waals surface area contributed by atoms with E-state index in [9.17, 15) is 0 Å². The summed E-state index contributed by atoms with van der Waals surface area (Å²) in [6.07, 6.45) is 0. The Morgan fingerprint density at radius 2 is 1.40 bits per heavy atom. The fraction of sp³-hybridized carbons (Fsp3) is 0.130. The molecular formula is C23H20OSi. The second kappa shape index (κ2) is 4.96. The first-order valence-corrected chi connectivity index (χ1v) is 12.3. The monoisotopic (exact) mass is 340 g/mol. The summed E-state index contributed by atoms with van der Waals surface area (Å²) in [5, 5.41) is 8.89. The molecule has 2 heteroatoms. The van der Waals surface area contributed by atoms with Gasteiger partial charge >= 0.3 is 0 Å². The molecule has 0 N–H and O–H groups in total. The molecule has 0 fully saturated rings. The van der Waals surface area contributed by atoms with Gasteiger partial charge in [-0.05, 0) is 40.4 Å². The van der Waals surface area contributed by atoms with Crippen LogP contribution in [0.5, 0.6) is 0 Å². The van der Waals surface area contributed by atoms with Crippen molar-refractivity contribution in [1.29, 1.82) is 0 Å². The molecule has 0 radical (unpaired) electrons. The molecular weight excluding hydrogens is 320 g/mol. The van der Waals surface area contributed by atoms with Gasteiger partial charge in [0.15, 0.2) is 0 Å². The Labute approximate surface area is 147 Å². The summed E-state index contributed by atoms with van der Waals surface area (Å²) in [5.74, 6) is 0. The fourth-order valence-electron chi connectivity index (χ4n) is 3.71. The standard InChI is InChI=1S/C23H20OSi/c1-25(2,3)18-9-11-22-21(14-18)19-10-8-17-12-15-6-4-5-7-16(15)13-20(17)23(19)24-22/h4-14H,1-3H3. The zero-order valence-corrected chi connectivity index (χ0v) is 15.8. The smallest absolute Gasteiger partial charge is 0.143 e. The zero-order chi connectivity index (χ0) is 17.2. The van der Waals surface area contributed by atoms with Crippen LogP contribution in [-0.2, 0) is 0 Å². The maximum Gasteiger partial charge on any atom is 0.143 e. The SMILES string of the molecule is C[Si](C)(C)c1ccc2oc3c4cc5ccccc5cc4ccc3c2c1. The van der Waals surface area contributed by atoms with Gasteiger partial charge in [0.1, 0.15) is 11.2 Å². The molecule has 0 spiro atoms. The van der Waals surface area contributed by atoms with Crippen LogP contribution in [0.15, 0.2) is 71.1 Å². The minimum atomic E-state index is -1.34. The molecule has 0 aliphatic rings. The summed E-state index contributed by atoms with van der Waals surface area (Å²) in [4.78, 5) is 0. The molecule has 0 amide bonds. The lowest BCUT2D eigenvalue weighted by atomic mass is 10.0. The van der Waals surface area contributed by atoms with Crippen LogP contribution in [0.2, 0.25) is 19.6 Å². The van der Waals surface area contributed by atoms with E-state index >= 15 is 0 Å². The maximum absolute atomic E-state index is 6.30. The van der Waals surface area contributed by atoms with Crippen molar-refractivity contribution in [3.05, 3.63) is 66.7 Å². The molecule has 1 heterocycles. The van der Waals surface area contributed by atoms with Crippen LogP contribution in [0.3, 0.4) is 0 Å². The Morgan fingerprint density at radius 1 is 0.640 bits per heavy atom. The lowest BCUT2D eigenvalue weighted by Gasteiger charge is -2.16. The van der Waals surface area contributed by atoms with Gasteiger partial charge in [0.05, 0.1) is 8.07 Å². The highest BCUT2D eigenvalue weighted by Crippen LogP contribution is 2.35. The highest BCUT2D eigenvalue weighted by molar-refractivity contribution is 6.88. The molecule has 0 saturated carbocycles. The van der Waals surface area contributed by atoms with Crippen molar-refractivity contribution in [2.45, 2.75) is 19.6 Å². The maximum atomic E-state index is 6.30. The molecule has 5 aromatic rings. The Hall–Kier alpha value is -2.58. The molecule has 0 saturated heterocycles. The second-order valence-electron chi connectivity index (χ2n) is 7.93. The van der Waals surface area contributed by atoms with Crippen LogP contribution in [0, 0.1) is 0 Å². The number of benzene rings is 4. The number of rotatable bonds is 1. The van der Waals surface area contributed by atoms with Crippen LogP contribution in [0.25, 0.3) is 43.5 Å². The average molecular weight is 340 g/mol. The Kier molecular flexibility index (Phi) is 2.92. The van der Waals surface area contributed by atoms with Crippen molar-refractivity contribution in [2.75, 3.05) is 0 Å². The van der Waals surface area contributed by atoms with E-state index < -0.39 is 8.07 Å². The Morgan fingerprint density at radius 3 is 2.16 bits per heavy atom. The van der Waals surface area contributed by atoms with E-state index in [1.807, 2.05) is 0 Å². The molecule has 25 heavy (non-hydrogen) atoms. The van der Waals surface area contributed by atoms with Crippen LogP contribution in [-0.4, -0.2) is 8.07 Å². The third kappa shape index (κ3) is 2.21. The summed E-state index contributed by atoms with van der Waals surface area (Å²) in [6.45, 7) is 7.16. The number of fused-ring (bicyclic) bond motifs is 6. The van der Waals surface area contributed by atoms with E-state index in [0.29, 0.717) is 0 Å². The average Bonchev–Trinajstić information content (AvgIpc) is 2.97. The summed E-state index contributed by atoms with van der Waals surface area (Å²) in [6, 6.07) is 24.2. The normalized spacial score (nSPS) is 12.6. The highest BCUT2D eigenvalue weighted by Gasteiger charge is 2.18. The summed E-state index contributed by atoms with van der Waals surface area (Å²) < 4.78 is 6.30. The van der Waals surface area contributed by atoms with Gasteiger partial charge in [0.25, 0.3) is 0 Å². The van der Waals surface area contributed by atoms with Crippen LogP contribution in [0.4, 0.5) is 0 Å². The zero-order valence-electron chi connectivity index (χ0n) is 14.8. The largest absolute Gasteiger partial charge is 0.455 e. The van der Waals surface area contributed by atoms with E-state index in [0.717, 1.165) is 11.2 Å². The first-order chi connectivity index (χ1) is 12.0. The topological polar surface area (TPSA) is 13.1 Å². The predicted octanol–water partition coefficient (Wildman–Crippen LogP) is 6.44. The third-order valence-electron chi connectivity index (χ3n) is 5.18. The molecule has 0 unspecified atom stereocenters. The molecule has 0 bridgehead atoms. The van der Waals surface area contributed by atoms with Gasteiger partial charge in [0.2, 0.25) is 0 Å². The third-order valence-corrected chi connectivity index (χ3v) is 7.23. The van der Waals surface area contributed by atoms with Gasteiger partial charge in [-0.1, -0.05) is 67.3 Å². The second-order valence-corrected chi connectivity index (χ2v) is 13.0. The lowest BCUT2D eigenvalue weighted by molar-refractivity contribution is 0.673. The Balaban J connectivity index is 1.90.